The zero-order valence-electron chi connectivity index (χ0n) is 11.6. The summed E-state index contributed by atoms with van der Waals surface area (Å²) in [7, 11) is 0. The van der Waals surface area contributed by atoms with Crippen LogP contribution in [0.3, 0.4) is 0 Å². The number of anilines is 2. The fourth-order valence-electron chi connectivity index (χ4n) is 1.61. The fourth-order valence-corrected chi connectivity index (χ4v) is 1.61. The van der Waals surface area contributed by atoms with Crippen molar-refractivity contribution in [1.29, 1.82) is 0 Å². The molecule has 3 nitrogen and oxygen atoms in total. The molecule has 0 radical (unpaired) electrons. The van der Waals surface area contributed by atoms with Crippen molar-refractivity contribution < 1.29 is 4.74 Å². The molecule has 0 spiro atoms. The summed E-state index contributed by atoms with van der Waals surface area (Å²) in [6.07, 6.45) is 0. The standard InChI is InChI=1S/C12H10O.C6H8N2/c1-3-7-11(8-4-1)13-12-9-5-2-6-10-12;7-5-1-2-6(8)4-3-5/h1-10H;1-4H,7-8H2. The van der Waals surface area contributed by atoms with Crippen molar-refractivity contribution >= 4 is 11.4 Å². The molecule has 0 aliphatic rings. The fraction of sp³-hybridized carbons (Fsp3) is 0. The lowest BCUT2D eigenvalue weighted by Gasteiger charge is -2.03. The van der Waals surface area contributed by atoms with E-state index in [0.29, 0.717) is 0 Å². The van der Waals surface area contributed by atoms with Gasteiger partial charge in [-0.15, -0.1) is 0 Å². The highest BCUT2D eigenvalue weighted by Crippen LogP contribution is 2.19. The molecule has 3 aromatic rings. The number of benzene rings is 3. The molecule has 0 unspecified atom stereocenters. The van der Waals surface area contributed by atoms with E-state index in [4.69, 9.17) is 16.2 Å². The lowest BCUT2D eigenvalue weighted by atomic mass is 10.3. The minimum Gasteiger partial charge on any atom is -0.457 e. The van der Waals surface area contributed by atoms with Crippen molar-refractivity contribution in [1.82, 2.24) is 0 Å². The third-order valence-electron chi connectivity index (χ3n) is 2.66. The molecular formula is C18H18N2O. The van der Waals surface area contributed by atoms with Crippen LogP contribution in [0.15, 0.2) is 84.9 Å². The van der Waals surface area contributed by atoms with E-state index >= 15 is 0 Å². The first-order chi connectivity index (χ1) is 10.2. The van der Waals surface area contributed by atoms with Crippen LogP contribution in [0.5, 0.6) is 11.5 Å². The second-order valence-corrected chi connectivity index (χ2v) is 4.39. The van der Waals surface area contributed by atoms with Gasteiger partial charge in [0.1, 0.15) is 11.5 Å². The van der Waals surface area contributed by atoms with Crippen molar-refractivity contribution in [3.8, 4) is 11.5 Å². The molecular weight excluding hydrogens is 260 g/mol. The Morgan fingerprint density at radius 1 is 0.476 bits per heavy atom. The van der Waals surface area contributed by atoms with Gasteiger partial charge in [0.05, 0.1) is 0 Å². The van der Waals surface area contributed by atoms with Crippen molar-refractivity contribution in [3.63, 3.8) is 0 Å². The maximum atomic E-state index is 5.58. The molecule has 0 aliphatic carbocycles. The summed E-state index contributed by atoms with van der Waals surface area (Å²) in [5, 5.41) is 0. The summed E-state index contributed by atoms with van der Waals surface area (Å²) in [5.74, 6) is 1.74. The molecule has 0 atom stereocenters. The first-order valence-electron chi connectivity index (χ1n) is 6.63. The van der Waals surface area contributed by atoms with E-state index in [0.717, 1.165) is 22.9 Å². The zero-order chi connectivity index (χ0) is 14.9. The van der Waals surface area contributed by atoms with E-state index in [1.54, 1.807) is 24.3 Å². The molecule has 0 heterocycles. The second-order valence-electron chi connectivity index (χ2n) is 4.39. The lowest BCUT2D eigenvalue weighted by molar-refractivity contribution is 0.482. The van der Waals surface area contributed by atoms with Crippen LogP contribution < -0.4 is 16.2 Å². The van der Waals surface area contributed by atoms with Crippen molar-refractivity contribution in [3.05, 3.63) is 84.9 Å². The summed E-state index contributed by atoms with van der Waals surface area (Å²) in [4.78, 5) is 0. The van der Waals surface area contributed by atoms with Crippen LogP contribution in [0.2, 0.25) is 0 Å². The monoisotopic (exact) mass is 278 g/mol. The van der Waals surface area contributed by atoms with Gasteiger partial charge in [-0.1, -0.05) is 36.4 Å². The number of hydrogen-bond acceptors (Lipinski definition) is 3. The lowest BCUT2D eigenvalue weighted by Crippen LogP contribution is -1.86. The zero-order valence-corrected chi connectivity index (χ0v) is 11.6. The van der Waals surface area contributed by atoms with Gasteiger partial charge in [0.15, 0.2) is 0 Å². The van der Waals surface area contributed by atoms with Crippen molar-refractivity contribution in [2.75, 3.05) is 11.5 Å². The van der Waals surface area contributed by atoms with Crippen LogP contribution in [0, 0.1) is 0 Å². The predicted octanol–water partition coefficient (Wildman–Crippen LogP) is 4.33. The van der Waals surface area contributed by atoms with Gasteiger partial charge in [-0.25, -0.2) is 0 Å². The number of ether oxygens (including phenoxy) is 1. The summed E-state index contributed by atoms with van der Waals surface area (Å²) < 4.78 is 5.58. The van der Waals surface area contributed by atoms with Crippen molar-refractivity contribution in [2.45, 2.75) is 0 Å². The predicted molar refractivity (Wildman–Crippen MR) is 88.2 cm³/mol. The second kappa shape index (κ2) is 7.60. The van der Waals surface area contributed by atoms with Crippen molar-refractivity contribution in [2.24, 2.45) is 0 Å². The van der Waals surface area contributed by atoms with E-state index < -0.39 is 0 Å². The highest BCUT2D eigenvalue weighted by molar-refractivity contribution is 5.47. The van der Waals surface area contributed by atoms with Crippen LogP contribution in [0.4, 0.5) is 11.4 Å². The van der Waals surface area contributed by atoms with Crippen LogP contribution in [0.25, 0.3) is 0 Å². The molecule has 0 aromatic heterocycles. The molecule has 4 N–H and O–H groups in total. The van der Waals surface area contributed by atoms with Gasteiger partial charge in [-0.2, -0.15) is 0 Å². The van der Waals surface area contributed by atoms with E-state index in [1.807, 2.05) is 60.7 Å². The Balaban J connectivity index is 0.000000173. The molecule has 0 amide bonds. The Kier molecular flexibility index (Phi) is 5.24. The van der Waals surface area contributed by atoms with Gasteiger partial charge in [-0.05, 0) is 48.5 Å². The molecule has 3 heteroatoms. The van der Waals surface area contributed by atoms with Crippen LogP contribution in [-0.2, 0) is 0 Å². The van der Waals surface area contributed by atoms with Crippen LogP contribution in [-0.4, -0.2) is 0 Å². The number of para-hydroxylation sites is 2. The Morgan fingerprint density at radius 2 is 0.810 bits per heavy atom. The third-order valence-corrected chi connectivity index (χ3v) is 2.66. The van der Waals surface area contributed by atoms with Gasteiger partial charge in [-0.3, -0.25) is 0 Å². The molecule has 0 aliphatic heterocycles. The quantitative estimate of drug-likeness (QED) is 0.686. The van der Waals surface area contributed by atoms with Gasteiger partial charge < -0.3 is 16.2 Å². The average molecular weight is 278 g/mol. The van der Waals surface area contributed by atoms with Gasteiger partial charge >= 0.3 is 0 Å². The van der Waals surface area contributed by atoms with Gasteiger partial charge in [0.2, 0.25) is 0 Å². The van der Waals surface area contributed by atoms with Crippen LogP contribution in [0.1, 0.15) is 0 Å². The molecule has 21 heavy (non-hydrogen) atoms. The Morgan fingerprint density at radius 3 is 1.14 bits per heavy atom. The van der Waals surface area contributed by atoms with Gasteiger partial charge in [0, 0.05) is 11.4 Å². The summed E-state index contributed by atoms with van der Waals surface area (Å²) >= 11 is 0. The minimum absolute atomic E-state index is 0.749. The first-order valence-corrected chi connectivity index (χ1v) is 6.63. The molecule has 3 rings (SSSR count). The number of nitrogen functional groups attached to an aromatic ring is 2. The van der Waals surface area contributed by atoms with Gasteiger partial charge in [0.25, 0.3) is 0 Å². The summed E-state index contributed by atoms with van der Waals surface area (Å²) in [6.45, 7) is 0. The maximum absolute atomic E-state index is 5.58. The summed E-state index contributed by atoms with van der Waals surface area (Å²) in [6, 6.07) is 26.6. The largest absolute Gasteiger partial charge is 0.457 e. The molecule has 3 aromatic carbocycles. The molecule has 106 valence electrons. The number of nitrogens with two attached hydrogens (primary N) is 2. The van der Waals surface area contributed by atoms with E-state index in [2.05, 4.69) is 0 Å². The van der Waals surface area contributed by atoms with Crippen LogP contribution >= 0.6 is 0 Å². The molecule has 0 saturated carbocycles. The Labute approximate surface area is 124 Å². The van der Waals surface area contributed by atoms with E-state index in [1.165, 1.54) is 0 Å². The van der Waals surface area contributed by atoms with E-state index in [-0.39, 0.29) is 0 Å². The maximum Gasteiger partial charge on any atom is 0.127 e. The first kappa shape index (κ1) is 14.5. The minimum atomic E-state index is 0.749. The van der Waals surface area contributed by atoms with E-state index in [9.17, 15) is 0 Å². The normalized spacial score (nSPS) is 9.33. The summed E-state index contributed by atoms with van der Waals surface area (Å²) in [5.41, 5.74) is 12.2. The highest BCUT2D eigenvalue weighted by Gasteiger charge is 1.92. The average Bonchev–Trinajstić information content (AvgIpc) is 2.53. The highest BCUT2D eigenvalue weighted by atomic mass is 16.5. The Bertz CT molecular complexity index is 579. The molecule has 0 saturated heterocycles. The number of rotatable bonds is 2. The smallest absolute Gasteiger partial charge is 0.127 e. The molecule has 0 fully saturated rings. The SMILES string of the molecule is Nc1ccc(N)cc1.c1ccc(Oc2ccccc2)cc1. The topological polar surface area (TPSA) is 61.3 Å². The third kappa shape index (κ3) is 5.28. The molecule has 0 bridgehead atoms. The Hall–Kier alpha value is -2.94. The number of hydrogen-bond donors (Lipinski definition) is 2.